The molecule has 1 fully saturated rings. The summed E-state index contributed by atoms with van der Waals surface area (Å²) in [4.78, 5) is 17.9. The van der Waals surface area contributed by atoms with Gasteiger partial charge in [-0.2, -0.15) is 0 Å². The number of amides is 1. The first-order chi connectivity index (χ1) is 16.2. The maximum Gasteiger partial charge on any atom is 0.251 e. The van der Waals surface area contributed by atoms with E-state index in [1.165, 1.54) is 27.9 Å². The van der Waals surface area contributed by atoms with Crippen molar-refractivity contribution in [1.29, 1.82) is 0 Å². The van der Waals surface area contributed by atoms with Crippen molar-refractivity contribution >= 4 is 11.6 Å². The van der Waals surface area contributed by atoms with Gasteiger partial charge in [-0.3, -0.25) is 4.79 Å². The summed E-state index contributed by atoms with van der Waals surface area (Å²) in [7, 11) is 2.19. The number of carbonyl (C=O) groups is 1. The second-order valence-corrected chi connectivity index (χ2v) is 9.48. The summed E-state index contributed by atoms with van der Waals surface area (Å²) in [6.07, 6.45) is 3.82. The molecule has 1 amide bonds. The predicted octanol–water partition coefficient (Wildman–Crippen LogP) is 4.32. The Morgan fingerprint density at radius 2 is 1.61 bits per heavy atom. The van der Waals surface area contributed by atoms with Crippen LogP contribution in [-0.4, -0.2) is 50.1 Å². The highest BCUT2D eigenvalue weighted by molar-refractivity contribution is 5.94. The van der Waals surface area contributed by atoms with Gasteiger partial charge in [0.1, 0.15) is 0 Å². The first-order valence-corrected chi connectivity index (χ1v) is 12.1. The molecule has 0 unspecified atom stereocenters. The molecule has 0 radical (unpaired) electrons. The largest absolute Gasteiger partial charge is 0.369 e. The lowest BCUT2D eigenvalue weighted by Crippen LogP contribution is -2.45. The molecule has 1 atom stereocenters. The Balaban J connectivity index is 1.24. The van der Waals surface area contributed by atoms with Crippen LogP contribution in [0.15, 0.2) is 72.8 Å². The molecule has 1 saturated heterocycles. The van der Waals surface area contributed by atoms with E-state index in [2.05, 4.69) is 76.8 Å². The molecular formula is C29H33N3O. The van der Waals surface area contributed by atoms with Crippen molar-refractivity contribution in [3.63, 3.8) is 0 Å². The number of rotatable bonds is 5. The molecule has 33 heavy (non-hydrogen) atoms. The highest BCUT2D eigenvalue weighted by atomic mass is 16.1. The third-order valence-electron chi connectivity index (χ3n) is 7.11. The van der Waals surface area contributed by atoms with E-state index in [1.807, 2.05) is 18.2 Å². The number of anilines is 1. The predicted molar refractivity (Wildman–Crippen MR) is 135 cm³/mol. The van der Waals surface area contributed by atoms with E-state index in [-0.39, 0.29) is 11.9 Å². The van der Waals surface area contributed by atoms with Crippen molar-refractivity contribution in [2.75, 3.05) is 38.1 Å². The Morgan fingerprint density at radius 1 is 0.879 bits per heavy atom. The molecule has 1 heterocycles. The second kappa shape index (κ2) is 9.80. The van der Waals surface area contributed by atoms with Crippen LogP contribution in [0.4, 0.5) is 5.69 Å². The maximum atomic E-state index is 13.0. The number of aryl methyl sites for hydroxylation is 1. The zero-order valence-corrected chi connectivity index (χ0v) is 19.5. The quantitative estimate of drug-likeness (QED) is 0.643. The Morgan fingerprint density at radius 3 is 2.36 bits per heavy atom. The van der Waals surface area contributed by atoms with Crippen LogP contribution in [0.25, 0.3) is 0 Å². The first kappa shape index (κ1) is 21.7. The molecular weight excluding hydrogens is 406 g/mol. The van der Waals surface area contributed by atoms with Crippen LogP contribution in [0.2, 0.25) is 0 Å². The molecule has 3 aromatic rings. The minimum atomic E-state index is 0.0341. The summed E-state index contributed by atoms with van der Waals surface area (Å²) in [6.45, 7) is 4.34. The molecule has 1 aliphatic heterocycles. The number of benzene rings is 3. The lowest BCUT2D eigenvalue weighted by molar-refractivity contribution is 0.0933. The third kappa shape index (κ3) is 5.12. The van der Waals surface area contributed by atoms with Crippen LogP contribution >= 0.6 is 0 Å². The highest BCUT2D eigenvalue weighted by Gasteiger charge is 2.25. The monoisotopic (exact) mass is 439 g/mol. The molecule has 0 saturated carbocycles. The average Bonchev–Trinajstić information content (AvgIpc) is 2.85. The minimum absolute atomic E-state index is 0.0341. The van der Waals surface area contributed by atoms with Crippen LogP contribution in [0.3, 0.4) is 0 Å². The number of nitrogens with zero attached hydrogens (tertiary/aromatic N) is 2. The SMILES string of the molecule is CN1CCN(c2cccc3c2C[C@H](NC(=O)c2ccc(Cc4ccccc4)cc2)CC3)CC1. The number of nitrogens with one attached hydrogen (secondary N) is 1. The van der Waals surface area contributed by atoms with Crippen LogP contribution in [-0.2, 0) is 19.3 Å². The van der Waals surface area contributed by atoms with Crippen molar-refractivity contribution in [2.45, 2.75) is 31.7 Å². The van der Waals surface area contributed by atoms with Crippen LogP contribution in [0.1, 0.15) is 39.0 Å². The van der Waals surface area contributed by atoms with E-state index in [0.29, 0.717) is 0 Å². The van der Waals surface area contributed by atoms with Crippen LogP contribution in [0.5, 0.6) is 0 Å². The number of fused-ring (bicyclic) bond motifs is 1. The molecule has 1 N–H and O–H groups in total. The topological polar surface area (TPSA) is 35.6 Å². The van der Waals surface area contributed by atoms with E-state index < -0.39 is 0 Å². The molecule has 1 aliphatic carbocycles. The van der Waals surface area contributed by atoms with Crippen molar-refractivity contribution in [1.82, 2.24) is 10.2 Å². The summed E-state index contributed by atoms with van der Waals surface area (Å²) in [5, 5.41) is 3.32. The van der Waals surface area contributed by atoms with Crippen LogP contribution in [0, 0.1) is 0 Å². The van der Waals surface area contributed by atoms with Crippen molar-refractivity contribution < 1.29 is 4.79 Å². The van der Waals surface area contributed by atoms with Crippen molar-refractivity contribution in [2.24, 2.45) is 0 Å². The summed E-state index contributed by atoms with van der Waals surface area (Å²) in [5.41, 5.74) is 7.49. The van der Waals surface area contributed by atoms with E-state index in [1.54, 1.807) is 0 Å². The molecule has 4 nitrogen and oxygen atoms in total. The van der Waals surface area contributed by atoms with Gasteiger partial charge in [-0.1, -0.05) is 54.6 Å². The molecule has 5 rings (SSSR count). The Labute approximate surface area is 197 Å². The normalized spacial score (nSPS) is 18.6. The fraction of sp³-hybridized carbons (Fsp3) is 0.345. The van der Waals surface area contributed by atoms with Gasteiger partial charge in [0.25, 0.3) is 5.91 Å². The Kier molecular flexibility index (Phi) is 6.45. The molecule has 2 aliphatic rings. The Bertz CT molecular complexity index is 1090. The number of carbonyl (C=O) groups excluding carboxylic acids is 1. The van der Waals surface area contributed by atoms with E-state index in [9.17, 15) is 4.79 Å². The molecule has 170 valence electrons. The summed E-state index contributed by atoms with van der Waals surface area (Å²) >= 11 is 0. The molecule has 0 bridgehead atoms. The highest BCUT2D eigenvalue weighted by Crippen LogP contribution is 2.31. The zero-order chi connectivity index (χ0) is 22.6. The van der Waals surface area contributed by atoms with Crippen molar-refractivity contribution in [3.8, 4) is 0 Å². The molecule has 3 aromatic carbocycles. The lowest BCUT2D eigenvalue weighted by Gasteiger charge is -2.37. The van der Waals surface area contributed by atoms with Gasteiger partial charge in [-0.15, -0.1) is 0 Å². The summed E-state index contributed by atoms with van der Waals surface area (Å²) in [5.74, 6) is 0.0341. The number of likely N-dealkylation sites (N-methyl/N-ethyl adjacent to an activating group) is 1. The van der Waals surface area contributed by atoms with Gasteiger partial charge < -0.3 is 15.1 Å². The lowest BCUT2D eigenvalue weighted by atomic mass is 9.86. The van der Waals surface area contributed by atoms with E-state index in [4.69, 9.17) is 0 Å². The van der Waals surface area contributed by atoms with Crippen LogP contribution < -0.4 is 10.2 Å². The fourth-order valence-electron chi connectivity index (χ4n) is 5.11. The second-order valence-electron chi connectivity index (χ2n) is 9.48. The van der Waals surface area contributed by atoms with Gasteiger partial charge in [0, 0.05) is 43.5 Å². The molecule has 0 aromatic heterocycles. The maximum absolute atomic E-state index is 13.0. The molecule has 4 heteroatoms. The van der Waals surface area contributed by atoms with E-state index in [0.717, 1.165) is 57.4 Å². The van der Waals surface area contributed by atoms with Gasteiger partial charge >= 0.3 is 0 Å². The van der Waals surface area contributed by atoms with Gasteiger partial charge in [-0.05, 0) is 73.2 Å². The van der Waals surface area contributed by atoms with Crippen molar-refractivity contribution in [3.05, 3.63) is 101 Å². The standard InChI is InChI=1S/C29H33N3O/c1-31-16-18-32(19-17-31)28-9-5-8-24-14-15-26(21-27(24)28)30-29(33)25-12-10-23(11-13-25)20-22-6-3-2-4-7-22/h2-13,26H,14-21H2,1H3,(H,30,33)/t26-/m1/s1. The average molecular weight is 440 g/mol. The summed E-state index contributed by atoms with van der Waals surface area (Å²) in [6, 6.07) is 25.4. The summed E-state index contributed by atoms with van der Waals surface area (Å²) < 4.78 is 0. The molecule has 0 spiro atoms. The van der Waals surface area contributed by atoms with Gasteiger partial charge in [0.15, 0.2) is 0 Å². The fourth-order valence-corrected chi connectivity index (χ4v) is 5.11. The van der Waals surface area contributed by atoms with Gasteiger partial charge in [-0.25, -0.2) is 0 Å². The smallest absolute Gasteiger partial charge is 0.251 e. The van der Waals surface area contributed by atoms with Gasteiger partial charge in [0.2, 0.25) is 0 Å². The number of piperazine rings is 1. The first-order valence-electron chi connectivity index (χ1n) is 12.1. The zero-order valence-electron chi connectivity index (χ0n) is 19.5. The number of hydrogen-bond acceptors (Lipinski definition) is 3. The van der Waals surface area contributed by atoms with E-state index >= 15 is 0 Å². The van der Waals surface area contributed by atoms with Gasteiger partial charge in [0.05, 0.1) is 0 Å². The third-order valence-corrected chi connectivity index (χ3v) is 7.11. The Hall–Kier alpha value is -3.11. The minimum Gasteiger partial charge on any atom is -0.369 e. The number of hydrogen-bond donors (Lipinski definition) is 1.